The number of piperidine rings is 1. The minimum Gasteiger partial charge on any atom is -0.497 e. The highest BCUT2D eigenvalue weighted by Gasteiger charge is 2.29. The van der Waals surface area contributed by atoms with Crippen molar-refractivity contribution in [3.63, 3.8) is 0 Å². The zero-order valence-corrected chi connectivity index (χ0v) is 17.8. The van der Waals surface area contributed by atoms with E-state index >= 15 is 0 Å². The third-order valence-electron chi connectivity index (χ3n) is 5.95. The van der Waals surface area contributed by atoms with E-state index in [1.54, 1.807) is 19.4 Å². The fourth-order valence-electron chi connectivity index (χ4n) is 4.33. The number of rotatable bonds is 5. The Balaban J connectivity index is 1.29. The number of nitrogens with zero attached hydrogens (tertiary/aromatic N) is 2. The van der Waals surface area contributed by atoms with Gasteiger partial charge in [0.05, 0.1) is 19.2 Å². The topological polar surface area (TPSA) is 71.4 Å². The van der Waals surface area contributed by atoms with Crippen LogP contribution in [0.3, 0.4) is 0 Å². The van der Waals surface area contributed by atoms with Gasteiger partial charge in [-0.3, -0.25) is 4.79 Å². The molecule has 1 amide bonds. The molecule has 3 heterocycles. The van der Waals surface area contributed by atoms with Gasteiger partial charge < -0.3 is 19.0 Å². The summed E-state index contributed by atoms with van der Waals surface area (Å²) in [7, 11) is 1.62. The number of hydrogen-bond donors (Lipinski definition) is 1. The van der Waals surface area contributed by atoms with Crippen molar-refractivity contribution in [2.24, 2.45) is 0 Å². The van der Waals surface area contributed by atoms with Crippen LogP contribution < -0.4 is 4.74 Å². The normalized spacial score (nSPS) is 16.4. The summed E-state index contributed by atoms with van der Waals surface area (Å²) in [6.07, 6.45) is 3.98. The van der Waals surface area contributed by atoms with Crippen LogP contribution in [0.4, 0.5) is 4.39 Å². The summed E-state index contributed by atoms with van der Waals surface area (Å²) in [6, 6.07) is 14.0. The summed E-state index contributed by atoms with van der Waals surface area (Å²) in [4.78, 5) is 22.7. The second-order valence-electron chi connectivity index (χ2n) is 8.20. The van der Waals surface area contributed by atoms with Crippen molar-refractivity contribution >= 4 is 16.8 Å². The number of oxazole rings is 1. The van der Waals surface area contributed by atoms with Crippen molar-refractivity contribution in [1.82, 2.24) is 14.9 Å². The van der Waals surface area contributed by atoms with Gasteiger partial charge in [-0.1, -0.05) is 12.1 Å². The average Bonchev–Trinajstić information content (AvgIpc) is 3.45. The molecule has 0 radical (unpaired) electrons. The Bertz CT molecular complexity index is 1260. The molecule has 164 valence electrons. The molecule has 0 bridgehead atoms. The van der Waals surface area contributed by atoms with Gasteiger partial charge in [0.2, 0.25) is 0 Å². The second kappa shape index (κ2) is 8.49. The summed E-state index contributed by atoms with van der Waals surface area (Å²) >= 11 is 0. The highest BCUT2D eigenvalue weighted by atomic mass is 19.1. The maximum Gasteiger partial charge on any atom is 0.270 e. The number of nitrogens with one attached hydrogen (secondary N) is 1. The van der Waals surface area contributed by atoms with Gasteiger partial charge in [-0.25, -0.2) is 9.37 Å². The molecule has 1 atom stereocenters. The van der Waals surface area contributed by atoms with Crippen molar-refractivity contribution in [2.45, 2.75) is 25.2 Å². The Morgan fingerprint density at radius 2 is 2.19 bits per heavy atom. The molecule has 1 saturated heterocycles. The van der Waals surface area contributed by atoms with Crippen LogP contribution >= 0.6 is 0 Å². The quantitative estimate of drug-likeness (QED) is 0.485. The van der Waals surface area contributed by atoms with E-state index < -0.39 is 0 Å². The summed E-state index contributed by atoms with van der Waals surface area (Å²) in [5, 5.41) is 0.941. The fraction of sp³-hybridized carbons (Fsp3) is 0.280. The highest BCUT2D eigenvalue weighted by Crippen LogP contribution is 2.29. The van der Waals surface area contributed by atoms with Gasteiger partial charge in [-0.05, 0) is 54.8 Å². The molecule has 1 N–H and O–H groups in total. The number of aromatic amines is 1. The summed E-state index contributed by atoms with van der Waals surface area (Å²) in [5.41, 5.74) is 2.30. The minimum absolute atomic E-state index is 0.0311. The van der Waals surface area contributed by atoms with E-state index in [4.69, 9.17) is 9.15 Å². The molecule has 2 aromatic heterocycles. The van der Waals surface area contributed by atoms with E-state index in [0.717, 1.165) is 35.1 Å². The van der Waals surface area contributed by atoms with Gasteiger partial charge in [-0.15, -0.1) is 0 Å². The zero-order valence-electron chi connectivity index (χ0n) is 17.8. The van der Waals surface area contributed by atoms with Gasteiger partial charge in [0.1, 0.15) is 23.0 Å². The molecule has 0 saturated carbocycles. The van der Waals surface area contributed by atoms with Crippen LogP contribution in [0.1, 0.15) is 46.5 Å². The Kier molecular flexibility index (Phi) is 5.39. The summed E-state index contributed by atoms with van der Waals surface area (Å²) in [6.45, 7) is 1.25. The Labute approximate surface area is 185 Å². The number of fused-ring (bicyclic) bond motifs is 1. The number of hydrogen-bond acceptors (Lipinski definition) is 4. The molecule has 0 unspecified atom stereocenters. The Hall–Kier alpha value is -3.61. The zero-order chi connectivity index (χ0) is 22.1. The molecule has 7 heteroatoms. The van der Waals surface area contributed by atoms with E-state index in [9.17, 15) is 9.18 Å². The van der Waals surface area contributed by atoms with Crippen molar-refractivity contribution in [1.29, 1.82) is 0 Å². The lowest BCUT2D eigenvalue weighted by atomic mass is 9.97. The summed E-state index contributed by atoms with van der Waals surface area (Å²) in [5.74, 6) is 1.83. The first-order chi connectivity index (χ1) is 15.6. The lowest BCUT2D eigenvalue weighted by Gasteiger charge is -2.31. The van der Waals surface area contributed by atoms with Crippen molar-refractivity contribution < 1.29 is 18.3 Å². The molecule has 5 rings (SSSR count). The van der Waals surface area contributed by atoms with E-state index in [2.05, 4.69) is 9.97 Å². The number of amides is 1. The van der Waals surface area contributed by atoms with E-state index in [-0.39, 0.29) is 17.6 Å². The van der Waals surface area contributed by atoms with Gasteiger partial charge in [0.25, 0.3) is 5.91 Å². The Morgan fingerprint density at radius 3 is 3.03 bits per heavy atom. The number of aromatic nitrogens is 2. The van der Waals surface area contributed by atoms with Gasteiger partial charge >= 0.3 is 0 Å². The lowest BCUT2D eigenvalue weighted by molar-refractivity contribution is 0.0693. The number of H-pyrrole nitrogens is 1. The van der Waals surface area contributed by atoms with Crippen LogP contribution in [0.5, 0.6) is 5.75 Å². The number of carbonyl (C=O) groups excluding carboxylic acids is 1. The predicted octanol–water partition coefficient (Wildman–Crippen LogP) is 4.91. The maximum absolute atomic E-state index is 13.4. The first-order valence-corrected chi connectivity index (χ1v) is 10.7. The lowest BCUT2D eigenvalue weighted by Crippen LogP contribution is -2.39. The smallest absolute Gasteiger partial charge is 0.270 e. The van der Waals surface area contributed by atoms with E-state index in [1.165, 1.54) is 12.1 Å². The molecule has 1 fully saturated rings. The largest absolute Gasteiger partial charge is 0.497 e. The standard InChI is InChI=1S/C25H24FN3O3/c1-31-20-7-8-22-18(12-20)13-23(28-22)25(30)29-9-3-5-17(15-29)24-27-14-21(32-24)11-16-4-2-6-19(26)10-16/h2,4,6-8,10,12-14,17,28H,3,5,9,11,15H2,1H3/t17-/m1/s1. The van der Waals surface area contributed by atoms with Gasteiger partial charge in [0.15, 0.2) is 5.89 Å². The van der Waals surface area contributed by atoms with Crippen LogP contribution in [0.15, 0.2) is 59.1 Å². The van der Waals surface area contributed by atoms with E-state index in [0.29, 0.717) is 36.9 Å². The molecule has 1 aliphatic heterocycles. The maximum atomic E-state index is 13.4. The third-order valence-corrected chi connectivity index (χ3v) is 5.95. The molecule has 0 aliphatic carbocycles. The SMILES string of the molecule is COc1ccc2[nH]c(C(=O)N3CCC[C@@H](c4ncc(Cc5cccc(F)c5)o4)C3)cc2c1. The average molecular weight is 433 g/mol. The van der Waals surface area contributed by atoms with Crippen molar-refractivity contribution in [3.8, 4) is 5.75 Å². The summed E-state index contributed by atoms with van der Waals surface area (Å²) < 4.78 is 24.7. The predicted molar refractivity (Wildman–Crippen MR) is 118 cm³/mol. The van der Waals surface area contributed by atoms with Gasteiger partial charge in [0, 0.05) is 30.4 Å². The monoisotopic (exact) mass is 433 g/mol. The molecule has 1 aliphatic rings. The van der Waals surface area contributed by atoms with Crippen molar-refractivity contribution in [3.05, 3.63) is 83.5 Å². The molecular formula is C25H24FN3O3. The van der Waals surface area contributed by atoms with Crippen LogP contribution in [0, 0.1) is 5.82 Å². The van der Waals surface area contributed by atoms with E-state index in [1.807, 2.05) is 35.2 Å². The second-order valence-corrected chi connectivity index (χ2v) is 8.20. The number of ether oxygens (including phenoxy) is 1. The van der Waals surface area contributed by atoms with Crippen LogP contribution in [-0.2, 0) is 6.42 Å². The number of halogens is 1. The Morgan fingerprint density at radius 1 is 1.28 bits per heavy atom. The highest BCUT2D eigenvalue weighted by molar-refractivity contribution is 5.98. The van der Waals surface area contributed by atoms with Crippen LogP contribution in [-0.4, -0.2) is 41.0 Å². The molecule has 32 heavy (non-hydrogen) atoms. The third kappa shape index (κ3) is 4.10. The number of methoxy groups -OCH3 is 1. The molecular weight excluding hydrogens is 409 g/mol. The minimum atomic E-state index is -0.265. The fourth-order valence-corrected chi connectivity index (χ4v) is 4.33. The van der Waals surface area contributed by atoms with Crippen LogP contribution in [0.2, 0.25) is 0 Å². The molecule has 4 aromatic rings. The van der Waals surface area contributed by atoms with Gasteiger partial charge in [-0.2, -0.15) is 0 Å². The number of carbonyl (C=O) groups is 1. The number of likely N-dealkylation sites (tertiary alicyclic amines) is 1. The molecule has 0 spiro atoms. The molecule has 2 aromatic carbocycles. The molecule has 6 nitrogen and oxygen atoms in total. The first-order valence-electron chi connectivity index (χ1n) is 10.7. The van der Waals surface area contributed by atoms with Crippen molar-refractivity contribution in [2.75, 3.05) is 20.2 Å². The number of benzene rings is 2. The van der Waals surface area contributed by atoms with Crippen LogP contribution in [0.25, 0.3) is 10.9 Å². The first kappa shape index (κ1) is 20.3.